The highest BCUT2D eigenvalue weighted by Crippen LogP contribution is 2.14. The average molecular weight is 281 g/mol. The lowest BCUT2D eigenvalue weighted by Crippen LogP contribution is -2.34. The molecular weight excluding hydrogens is 253 g/mol. The molecular formula is C16H28FN3. The molecule has 20 heavy (non-hydrogen) atoms. The monoisotopic (exact) mass is 281 g/mol. The highest BCUT2D eigenvalue weighted by molar-refractivity contribution is 5.09. The molecule has 2 N–H and O–H groups in total. The van der Waals surface area contributed by atoms with E-state index >= 15 is 0 Å². The van der Waals surface area contributed by atoms with E-state index in [1.54, 1.807) is 6.07 Å². The van der Waals surface area contributed by atoms with Gasteiger partial charge in [0.1, 0.15) is 5.82 Å². The molecule has 1 aromatic rings. The van der Waals surface area contributed by atoms with Crippen LogP contribution in [-0.2, 0) is 0 Å². The fourth-order valence-electron chi connectivity index (χ4n) is 2.25. The van der Waals surface area contributed by atoms with Crippen molar-refractivity contribution in [3.63, 3.8) is 0 Å². The van der Waals surface area contributed by atoms with Crippen molar-refractivity contribution in [3.8, 4) is 0 Å². The largest absolute Gasteiger partial charge is 0.323 e. The Morgan fingerprint density at radius 1 is 1.25 bits per heavy atom. The summed E-state index contributed by atoms with van der Waals surface area (Å²) in [4.78, 5) is 6.52. The van der Waals surface area contributed by atoms with Crippen molar-refractivity contribution in [1.29, 1.82) is 0 Å². The zero-order chi connectivity index (χ0) is 15.0. The van der Waals surface area contributed by atoms with Crippen molar-refractivity contribution in [1.82, 2.24) is 9.88 Å². The summed E-state index contributed by atoms with van der Waals surface area (Å²) in [7, 11) is 0. The minimum absolute atomic E-state index is 0.122. The quantitative estimate of drug-likeness (QED) is 0.704. The number of rotatable bonds is 9. The summed E-state index contributed by atoms with van der Waals surface area (Å²) >= 11 is 0. The molecule has 4 heteroatoms. The molecule has 114 valence electrons. The van der Waals surface area contributed by atoms with Crippen LogP contribution in [0.25, 0.3) is 0 Å². The topological polar surface area (TPSA) is 42.1 Å². The zero-order valence-electron chi connectivity index (χ0n) is 13.0. The van der Waals surface area contributed by atoms with Crippen LogP contribution in [0.5, 0.6) is 0 Å². The Balaban J connectivity index is 2.43. The van der Waals surface area contributed by atoms with Gasteiger partial charge in [0.05, 0.1) is 11.9 Å². The number of nitrogens with zero attached hydrogens (tertiary/aromatic N) is 2. The van der Waals surface area contributed by atoms with Crippen molar-refractivity contribution in [2.75, 3.05) is 13.1 Å². The molecule has 1 aromatic heterocycles. The molecule has 1 heterocycles. The molecule has 0 radical (unpaired) electrons. The summed E-state index contributed by atoms with van der Waals surface area (Å²) in [6, 6.07) is 3.50. The van der Waals surface area contributed by atoms with E-state index in [0.717, 1.165) is 25.2 Å². The van der Waals surface area contributed by atoms with Crippen LogP contribution in [0.3, 0.4) is 0 Å². The molecule has 0 aliphatic carbocycles. The van der Waals surface area contributed by atoms with Crippen molar-refractivity contribution < 1.29 is 4.39 Å². The van der Waals surface area contributed by atoms with Gasteiger partial charge in [0.25, 0.3) is 0 Å². The van der Waals surface area contributed by atoms with Gasteiger partial charge >= 0.3 is 0 Å². The van der Waals surface area contributed by atoms with Crippen molar-refractivity contribution in [2.24, 2.45) is 5.73 Å². The van der Waals surface area contributed by atoms with Crippen molar-refractivity contribution >= 4 is 0 Å². The fraction of sp³-hybridized carbons (Fsp3) is 0.688. The first-order valence-electron chi connectivity index (χ1n) is 7.65. The fourth-order valence-corrected chi connectivity index (χ4v) is 2.25. The van der Waals surface area contributed by atoms with Gasteiger partial charge in [-0.3, -0.25) is 4.98 Å². The number of pyridine rings is 1. The van der Waals surface area contributed by atoms with Crippen molar-refractivity contribution in [3.05, 3.63) is 29.8 Å². The Morgan fingerprint density at radius 2 is 2.00 bits per heavy atom. The lowest BCUT2D eigenvalue weighted by molar-refractivity contribution is 0.209. The average Bonchev–Trinajstić information content (AvgIpc) is 2.42. The van der Waals surface area contributed by atoms with E-state index in [9.17, 15) is 4.39 Å². The molecule has 3 nitrogen and oxygen atoms in total. The smallest absolute Gasteiger partial charge is 0.141 e. The molecule has 0 aliphatic rings. The zero-order valence-corrected chi connectivity index (χ0v) is 13.0. The van der Waals surface area contributed by atoms with Gasteiger partial charge in [-0.15, -0.1) is 0 Å². The van der Waals surface area contributed by atoms with Crippen LogP contribution in [0, 0.1) is 5.82 Å². The van der Waals surface area contributed by atoms with Gasteiger partial charge < -0.3 is 10.6 Å². The third kappa shape index (κ3) is 5.97. The maximum atomic E-state index is 12.8. The Kier molecular flexibility index (Phi) is 7.70. The van der Waals surface area contributed by atoms with E-state index in [0.29, 0.717) is 6.04 Å². The number of hydrogen-bond donors (Lipinski definition) is 1. The number of aromatic nitrogens is 1. The predicted octanol–water partition coefficient (Wildman–Crippen LogP) is 3.51. The van der Waals surface area contributed by atoms with Gasteiger partial charge in [-0.2, -0.15) is 0 Å². The standard InChI is InChI=1S/C16H28FN3/c1-4-5-6-10-20(13(2)3)11-9-15(18)16-8-7-14(17)12-19-16/h7-8,12-13,15H,4-6,9-11,18H2,1-3H3. The van der Waals surface area contributed by atoms with Gasteiger partial charge in [0, 0.05) is 18.6 Å². The molecule has 0 saturated carbocycles. The molecule has 0 saturated heterocycles. The highest BCUT2D eigenvalue weighted by Gasteiger charge is 2.13. The van der Waals surface area contributed by atoms with Crippen LogP contribution < -0.4 is 5.73 Å². The molecule has 1 rings (SSSR count). The third-order valence-corrected chi connectivity index (χ3v) is 3.64. The Hall–Kier alpha value is -1.00. The minimum Gasteiger partial charge on any atom is -0.323 e. The van der Waals surface area contributed by atoms with Crippen molar-refractivity contribution in [2.45, 2.75) is 58.5 Å². The summed E-state index contributed by atoms with van der Waals surface area (Å²) in [5.74, 6) is -0.315. The number of unbranched alkanes of at least 4 members (excludes halogenated alkanes) is 2. The summed E-state index contributed by atoms with van der Waals surface area (Å²) in [6.45, 7) is 8.73. The van der Waals surface area contributed by atoms with Crippen LogP contribution in [0.1, 0.15) is 58.2 Å². The van der Waals surface area contributed by atoms with E-state index in [1.165, 1.54) is 31.5 Å². The second-order valence-corrected chi connectivity index (χ2v) is 5.63. The van der Waals surface area contributed by atoms with E-state index in [-0.39, 0.29) is 11.9 Å². The molecule has 0 bridgehead atoms. The Morgan fingerprint density at radius 3 is 2.55 bits per heavy atom. The molecule has 0 spiro atoms. The maximum Gasteiger partial charge on any atom is 0.141 e. The van der Waals surface area contributed by atoms with Gasteiger partial charge in [0.2, 0.25) is 0 Å². The second kappa shape index (κ2) is 9.03. The lowest BCUT2D eigenvalue weighted by atomic mass is 10.1. The lowest BCUT2D eigenvalue weighted by Gasteiger charge is -2.27. The predicted molar refractivity (Wildman–Crippen MR) is 82.0 cm³/mol. The molecule has 0 amide bonds. The normalized spacial score (nSPS) is 13.2. The van der Waals surface area contributed by atoms with Gasteiger partial charge in [-0.1, -0.05) is 19.8 Å². The first kappa shape index (κ1) is 17.1. The minimum atomic E-state index is -0.315. The maximum absolute atomic E-state index is 12.8. The van der Waals surface area contributed by atoms with Gasteiger partial charge in [-0.25, -0.2) is 4.39 Å². The van der Waals surface area contributed by atoms with Crippen LogP contribution in [0.4, 0.5) is 4.39 Å². The van der Waals surface area contributed by atoms with Gasteiger partial charge in [-0.05, 0) is 45.4 Å². The third-order valence-electron chi connectivity index (χ3n) is 3.64. The Bertz CT molecular complexity index is 364. The summed E-state index contributed by atoms with van der Waals surface area (Å²) in [5, 5.41) is 0. The summed E-state index contributed by atoms with van der Waals surface area (Å²) in [6.07, 6.45) is 5.83. The molecule has 0 fully saturated rings. The number of hydrogen-bond acceptors (Lipinski definition) is 3. The van der Waals surface area contributed by atoms with Crippen LogP contribution in [0.2, 0.25) is 0 Å². The second-order valence-electron chi connectivity index (χ2n) is 5.63. The summed E-state index contributed by atoms with van der Waals surface area (Å²) < 4.78 is 12.8. The summed E-state index contributed by atoms with van der Waals surface area (Å²) in [5.41, 5.74) is 6.90. The van der Waals surface area contributed by atoms with E-state index in [1.807, 2.05) is 0 Å². The molecule has 0 aliphatic heterocycles. The molecule has 0 aromatic carbocycles. The van der Waals surface area contributed by atoms with Crippen LogP contribution >= 0.6 is 0 Å². The highest BCUT2D eigenvalue weighted by atomic mass is 19.1. The Labute approximate surface area is 122 Å². The van der Waals surface area contributed by atoms with Crippen LogP contribution in [-0.4, -0.2) is 29.0 Å². The number of nitrogens with two attached hydrogens (primary N) is 1. The van der Waals surface area contributed by atoms with Crippen LogP contribution in [0.15, 0.2) is 18.3 Å². The van der Waals surface area contributed by atoms with E-state index in [4.69, 9.17) is 5.73 Å². The molecule has 1 unspecified atom stereocenters. The molecule has 1 atom stereocenters. The number of halogens is 1. The first-order valence-corrected chi connectivity index (χ1v) is 7.65. The van der Waals surface area contributed by atoms with E-state index in [2.05, 4.69) is 30.7 Å². The van der Waals surface area contributed by atoms with Gasteiger partial charge in [0.15, 0.2) is 0 Å². The van der Waals surface area contributed by atoms with E-state index < -0.39 is 0 Å². The first-order chi connectivity index (χ1) is 9.54. The SMILES string of the molecule is CCCCCN(CCC(N)c1ccc(F)cn1)C(C)C.